The van der Waals surface area contributed by atoms with Crippen LogP contribution in [-0.4, -0.2) is 0 Å². The van der Waals surface area contributed by atoms with Crippen molar-refractivity contribution >= 4 is 0 Å². The molecule has 20 heavy (non-hydrogen) atoms. The van der Waals surface area contributed by atoms with Crippen LogP contribution in [0.3, 0.4) is 0 Å². The SMILES string of the molecule is Cc1cc(CN)cc(C)c1OCc1cc(F)ccc1F. The molecule has 0 saturated heterocycles. The Kier molecular flexibility index (Phi) is 4.35. The summed E-state index contributed by atoms with van der Waals surface area (Å²) in [5.41, 5.74) is 8.69. The third kappa shape index (κ3) is 3.14. The van der Waals surface area contributed by atoms with E-state index in [1.807, 2.05) is 26.0 Å². The van der Waals surface area contributed by atoms with E-state index in [0.29, 0.717) is 12.3 Å². The fraction of sp³-hybridized carbons (Fsp3) is 0.250. The van der Waals surface area contributed by atoms with Crippen LogP contribution in [0, 0.1) is 25.5 Å². The van der Waals surface area contributed by atoms with Gasteiger partial charge in [-0.2, -0.15) is 0 Å². The number of ether oxygens (including phenoxy) is 1. The molecule has 0 aromatic heterocycles. The molecule has 0 saturated carbocycles. The highest BCUT2D eigenvalue weighted by atomic mass is 19.1. The van der Waals surface area contributed by atoms with Crippen LogP contribution in [0.5, 0.6) is 5.75 Å². The second-order valence-electron chi connectivity index (χ2n) is 4.79. The van der Waals surface area contributed by atoms with Crippen molar-refractivity contribution in [3.05, 3.63) is 64.2 Å². The molecule has 0 spiro atoms. The van der Waals surface area contributed by atoms with Gasteiger partial charge in [0.25, 0.3) is 0 Å². The molecule has 2 rings (SSSR count). The average molecular weight is 277 g/mol. The molecule has 0 bridgehead atoms. The van der Waals surface area contributed by atoms with E-state index in [-0.39, 0.29) is 12.2 Å². The molecular formula is C16H17F2NO. The molecule has 0 aliphatic rings. The molecule has 2 N–H and O–H groups in total. The predicted molar refractivity (Wildman–Crippen MR) is 74.5 cm³/mol. The fourth-order valence-electron chi connectivity index (χ4n) is 2.19. The monoisotopic (exact) mass is 277 g/mol. The molecular weight excluding hydrogens is 260 g/mol. The number of nitrogens with two attached hydrogens (primary N) is 1. The van der Waals surface area contributed by atoms with Crippen molar-refractivity contribution in [2.45, 2.75) is 27.0 Å². The van der Waals surface area contributed by atoms with Gasteiger partial charge in [0, 0.05) is 12.1 Å². The van der Waals surface area contributed by atoms with Crippen molar-refractivity contribution in [3.63, 3.8) is 0 Å². The van der Waals surface area contributed by atoms with E-state index in [9.17, 15) is 8.78 Å². The summed E-state index contributed by atoms with van der Waals surface area (Å²) >= 11 is 0. The number of hydrogen-bond acceptors (Lipinski definition) is 2. The minimum atomic E-state index is -0.475. The molecule has 0 unspecified atom stereocenters. The maximum absolute atomic E-state index is 13.5. The lowest BCUT2D eigenvalue weighted by Gasteiger charge is -2.14. The molecule has 0 radical (unpaired) electrons. The summed E-state index contributed by atoms with van der Waals surface area (Å²) in [5, 5.41) is 0. The first-order valence-corrected chi connectivity index (χ1v) is 6.38. The second-order valence-corrected chi connectivity index (χ2v) is 4.79. The summed E-state index contributed by atoms with van der Waals surface area (Å²) in [7, 11) is 0. The van der Waals surface area contributed by atoms with Gasteiger partial charge in [0.05, 0.1) is 0 Å². The minimum Gasteiger partial charge on any atom is -0.488 e. The number of rotatable bonds is 4. The Morgan fingerprint density at radius 1 is 1.05 bits per heavy atom. The van der Waals surface area contributed by atoms with E-state index >= 15 is 0 Å². The molecule has 0 heterocycles. The lowest BCUT2D eigenvalue weighted by molar-refractivity contribution is 0.295. The zero-order valence-electron chi connectivity index (χ0n) is 11.5. The Morgan fingerprint density at radius 2 is 1.70 bits per heavy atom. The maximum atomic E-state index is 13.5. The lowest BCUT2D eigenvalue weighted by Crippen LogP contribution is -2.04. The minimum absolute atomic E-state index is 0.00670. The van der Waals surface area contributed by atoms with Crippen LogP contribution in [0.25, 0.3) is 0 Å². The fourth-order valence-corrected chi connectivity index (χ4v) is 2.19. The topological polar surface area (TPSA) is 35.2 Å². The van der Waals surface area contributed by atoms with Gasteiger partial charge in [0.15, 0.2) is 0 Å². The van der Waals surface area contributed by atoms with Crippen molar-refractivity contribution in [1.82, 2.24) is 0 Å². The first kappa shape index (κ1) is 14.5. The highest BCUT2D eigenvalue weighted by Crippen LogP contribution is 2.26. The first-order valence-electron chi connectivity index (χ1n) is 6.38. The molecule has 0 amide bonds. The maximum Gasteiger partial charge on any atom is 0.130 e. The third-order valence-electron chi connectivity index (χ3n) is 3.14. The van der Waals surface area contributed by atoms with E-state index in [4.69, 9.17) is 10.5 Å². The second kappa shape index (κ2) is 6.01. The predicted octanol–water partition coefficient (Wildman–Crippen LogP) is 3.62. The highest BCUT2D eigenvalue weighted by molar-refractivity contribution is 5.43. The standard InChI is InChI=1S/C16H17F2NO/c1-10-5-12(8-19)6-11(2)16(10)20-9-13-7-14(17)3-4-15(13)18/h3-7H,8-9,19H2,1-2H3. The van der Waals surface area contributed by atoms with Crippen LogP contribution in [0.4, 0.5) is 8.78 Å². The van der Waals surface area contributed by atoms with Gasteiger partial charge in [0.1, 0.15) is 24.0 Å². The average Bonchev–Trinajstić information content (AvgIpc) is 2.41. The lowest BCUT2D eigenvalue weighted by atomic mass is 10.1. The number of hydrogen-bond donors (Lipinski definition) is 1. The summed E-state index contributed by atoms with van der Waals surface area (Å²) in [6, 6.07) is 7.21. The van der Waals surface area contributed by atoms with Crippen molar-refractivity contribution in [3.8, 4) is 5.75 Å². The molecule has 2 nitrogen and oxygen atoms in total. The Balaban J connectivity index is 2.21. The van der Waals surface area contributed by atoms with Gasteiger partial charge in [-0.05, 0) is 48.7 Å². The van der Waals surface area contributed by atoms with Gasteiger partial charge < -0.3 is 10.5 Å². The van der Waals surface area contributed by atoms with E-state index in [2.05, 4.69) is 0 Å². The van der Waals surface area contributed by atoms with Crippen LogP contribution in [0.2, 0.25) is 0 Å². The summed E-state index contributed by atoms with van der Waals surface area (Å²) in [5.74, 6) is -0.261. The molecule has 0 atom stereocenters. The third-order valence-corrected chi connectivity index (χ3v) is 3.14. The molecule has 4 heteroatoms. The molecule has 0 fully saturated rings. The van der Waals surface area contributed by atoms with E-state index in [1.54, 1.807) is 0 Å². The van der Waals surface area contributed by atoms with E-state index < -0.39 is 11.6 Å². The number of aryl methyl sites for hydroxylation is 2. The summed E-state index contributed by atoms with van der Waals surface area (Å²) in [6.07, 6.45) is 0. The van der Waals surface area contributed by atoms with Gasteiger partial charge in [-0.1, -0.05) is 12.1 Å². The zero-order valence-corrected chi connectivity index (χ0v) is 11.5. The highest BCUT2D eigenvalue weighted by Gasteiger charge is 2.09. The van der Waals surface area contributed by atoms with Gasteiger partial charge in [-0.15, -0.1) is 0 Å². The van der Waals surface area contributed by atoms with Crippen molar-refractivity contribution in [1.29, 1.82) is 0 Å². The molecule has 0 aliphatic heterocycles. The van der Waals surface area contributed by atoms with E-state index in [0.717, 1.165) is 34.9 Å². The number of benzene rings is 2. The molecule has 2 aromatic rings. The molecule has 106 valence electrons. The van der Waals surface area contributed by atoms with Crippen molar-refractivity contribution in [2.24, 2.45) is 5.73 Å². The number of halogens is 2. The first-order chi connectivity index (χ1) is 9.51. The van der Waals surface area contributed by atoms with Crippen LogP contribution in [0.1, 0.15) is 22.3 Å². The summed E-state index contributed by atoms with van der Waals surface area (Å²) < 4.78 is 32.3. The Hall–Kier alpha value is -1.94. The van der Waals surface area contributed by atoms with Crippen LogP contribution in [0.15, 0.2) is 30.3 Å². The summed E-state index contributed by atoms with van der Waals surface area (Å²) in [6.45, 7) is 4.26. The largest absolute Gasteiger partial charge is 0.488 e. The Bertz CT molecular complexity index is 603. The van der Waals surface area contributed by atoms with Crippen molar-refractivity contribution < 1.29 is 13.5 Å². The van der Waals surface area contributed by atoms with Gasteiger partial charge in [0.2, 0.25) is 0 Å². The van der Waals surface area contributed by atoms with Gasteiger partial charge in [-0.3, -0.25) is 0 Å². The van der Waals surface area contributed by atoms with Crippen LogP contribution < -0.4 is 10.5 Å². The van der Waals surface area contributed by atoms with Crippen LogP contribution in [-0.2, 0) is 13.2 Å². The Morgan fingerprint density at radius 3 is 2.30 bits per heavy atom. The molecule has 0 aliphatic carbocycles. The zero-order chi connectivity index (χ0) is 14.7. The molecule has 2 aromatic carbocycles. The Labute approximate surface area is 117 Å². The normalized spacial score (nSPS) is 10.7. The summed E-state index contributed by atoms with van der Waals surface area (Å²) in [4.78, 5) is 0. The smallest absolute Gasteiger partial charge is 0.130 e. The van der Waals surface area contributed by atoms with Gasteiger partial charge in [-0.25, -0.2) is 8.78 Å². The van der Waals surface area contributed by atoms with Crippen molar-refractivity contribution in [2.75, 3.05) is 0 Å². The van der Waals surface area contributed by atoms with E-state index in [1.165, 1.54) is 0 Å². The van der Waals surface area contributed by atoms with Crippen LogP contribution >= 0.6 is 0 Å². The van der Waals surface area contributed by atoms with Gasteiger partial charge >= 0.3 is 0 Å². The quantitative estimate of drug-likeness (QED) is 0.926.